The number of hydrogen-bond acceptors (Lipinski definition) is 4. The molecule has 0 atom stereocenters. The number of pyridine rings is 1. The maximum absolute atomic E-state index is 12.6. The van der Waals surface area contributed by atoms with Gasteiger partial charge in [0.25, 0.3) is 10.0 Å². The molecule has 0 saturated carbocycles. The van der Waals surface area contributed by atoms with Crippen LogP contribution in [0, 0.1) is 12.9 Å². The average molecular weight is 281 g/mol. The van der Waals surface area contributed by atoms with E-state index in [4.69, 9.17) is 5.73 Å². The second-order valence-corrected chi connectivity index (χ2v) is 5.74. The first-order chi connectivity index (χ1) is 8.87. The van der Waals surface area contributed by atoms with Gasteiger partial charge in [-0.25, -0.2) is 13.4 Å². The van der Waals surface area contributed by atoms with E-state index in [1.165, 1.54) is 18.2 Å². The molecule has 0 fully saturated rings. The number of nitrogens with zero attached hydrogens (tertiary/aromatic N) is 1. The number of nitrogens with two attached hydrogens (primary N) is 1. The van der Waals surface area contributed by atoms with Crippen molar-refractivity contribution in [2.75, 3.05) is 10.5 Å². The lowest BCUT2D eigenvalue weighted by molar-refractivity contribution is 0.583. The third-order valence-electron chi connectivity index (χ3n) is 2.36. The molecule has 0 saturated heterocycles. The van der Waals surface area contributed by atoms with Crippen LogP contribution in [0.3, 0.4) is 0 Å². The number of nitrogen functional groups attached to an aromatic ring is 1. The summed E-state index contributed by atoms with van der Waals surface area (Å²) >= 11 is 0. The smallest absolute Gasteiger partial charge is 0.262 e. The third kappa shape index (κ3) is 3.19. The van der Waals surface area contributed by atoms with E-state index in [1.54, 1.807) is 13.0 Å². The van der Waals surface area contributed by atoms with Gasteiger partial charge in [0.2, 0.25) is 5.95 Å². The van der Waals surface area contributed by atoms with Gasteiger partial charge < -0.3 is 5.73 Å². The number of anilines is 2. The predicted molar refractivity (Wildman–Crippen MR) is 70.6 cm³/mol. The highest BCUT2D eigenvalue weighted by molar-refractivity contribution is 7.92. The van der Waals surface area contributed by atoms with Gasteiger partial charge in [-0.15, -0.1) is 0 Å². The summed E-state index contributed by atoms with van der Waals surface area (Å²) in [7, 11) is -3.76. The zero-order valence-electron chi connectivity index (χ0n) is 10.1. The Hall–Kier alpha value is -2.15. The summed E-state index contributed by atoms with van der Waals surface area (Å²) in [6, 6.07) is 6.88. The van der Waals surface area contributed by atoms with Gasteiger partial charge in [-0.2, -0.15) is 4.39 Å². The molecule has 19 heavy (non-hydrogen) atoms. The molecule has 0 aliphatic carbocycles. The molecule has 0 radical (unpaired) electrons. The molecule has 0 aliphatic rings. The fourth-order valence-corrected chi connectivity index (χ4v) is 2.76. The van der Waals surface area contributed by atoms with Crippen LogP contribution in [-0.2, 0) is 10.0 Å². The van der Waals surface area contributed by atoms with Crippen LogP contribution in [0.1, 0.15) is 5.56 Å². The SMILES string of the molecule is Cc1cc(N)cc(S(=O)(=O)Nc2ccc(F)nc2)c1. The lowest BCUT2D eigenvalue weighted by Crippen LogP contribution is -2.13. The minimum atomic E-state index is -3.76. The van der Waals surface area contributed by atoms with E-state index >= 15 is 0 Å². The van der Waals surface area contributed by atoms with Gasteiger partial charge in [0.15, 0.2) is 0 Å². The number of benzene rings is 1. The zero-order valence-corrected chi connectivity index (χ0v) is 10.9. The molecule has 5 nitrogen and oxygen atoms in total. The lowest BCUT2D eigenvalue weighted by atomic mass is 10.2. The fourth-order valence-electron chi connectivity index (χ4n) is 1.58. The van der Waals surface area contributed by atoms with Gasteiger partial charge in [0.1, 0.15) is 0 Å². The average Bonchev–Trinajstić information content (AvgIpc) is 2.31. The van der Waals surface area contributed by atoms with Crippen molar-refractivity contribution in [3.63, 3.8) is 0 Å². The Bertz CT molecular complexity index is 679. The highest BCUT2D eigenvalue weighted by atomic mass is 32.2. The summed E-state index contributed by atoms with van der Waals surface area (Å²) in [4.78, 5) is 3.42. The van der Waals surface area contributed by atoms with E-state index in [9.17, 15) is 12.8 Å². The first-order valence-corrected chi connectivity index (χ1v) is 6.87. The standard InChI is InChI=1S/C12H12FN3O2S/c1-8-4-9(14)6-11(5-8)19(17,18)16-10-2-3-12(13)15-7-10/h2-7,16H,14H2,1H3. The summed E-state index contributed by atoms with van der Waals surface area (Å²) in [5, 5.41) is 0. The van der Waals surface area contributed by atoms with Gasteiger partial charge in [-0.3, -0.25) is 4.72 Å². The molecule has 100 valence electrons. The Morgan fingerprint density at radius 1 is 1.26 bits per heavy atom. The van der Waals surface area contributed by atoms with Crippen molar-refractivity contribution in [1.82, 2.24) is 4.98 Å². The highest BCUT2D eigenvalue weighted by Crippen LogP contribution is 2.19. The van der Waals surface area contributed by atoms with Crippen LogP contribution in [0.2, 0.25) is 0 Å². The molecule has 0 spiro atoms. The number of sulfonamides is 1. The van der Waals surface area contributed by atoms with Crippen molar-refractivity contribution in [3.8, 4) is 0 Å². The molecule has 0 aliphatic heterocycles. The second-order valence-electron chi connectivity index (χ2n) is 4.05. The lowest BCUT2D eigenvalue weighted by Gasteiger charge is -2.09. The summed E-state index contributed by atoms with van der Waals surface area (Å²) in [6.45, 7) is 1.74. The number of hydrogen-bond donors (Lipinski definition) is 2. The summed E-state index contributed by atoms with van der Waals surface area (Å²) in [5.41, 5.74) is 6.89. The van der Waals surface area contributed by atoms with Gasteiger partial charge in [0, 0.05) is 5.69 Å². The minimum absolute atomic E-state index is 0.0503. The van der Waals surface area contributed by atoms with E-state index in [1.807, 2.05) is 0 Å². The van der Waals surface area contributed by atoms with Gasteiger partial charge in [0.05, 0.1) is 16.8 Å². The van der Waals surface area contributed by atoms with Crippen LogP contribution >= 0.6 is 0 Å². The highest BCUT2D eigenvalue weighted by Gasteiger charge is 2.15. The largest absolute Gasteiger partial charge is 0.399 e. The van der Waals surface area contributed by atoms with E-state index in [0.717, 1.165) is 17.8 Å². The Kier molecular flexibility index (Phi) is 3.39. The number of aryl methyl sites for hydroxylation is 1. The van der Waals surface area contributed by atoms with Crippen molar-refractivity contribution >= 4 is 21.4 Å². The number of halogens is 1. The van der Waals surface area contributed by atoms with E-state index in [2.05, 4.69) is 9.71 Å². The van der Waals surface area contributed by atoms with Crippen molar-refractivity contribution in [3.05, 3.63) is 48.0 Å². The van der Waals surface area contributed by atoms with E-state index in [0.29, 0.717) is 5.69 Å². The van der Waals surface area contributed by atoms with E-state index < -0.39 is 16.0 Å². The minimum Gasteiger partial charge on any atom is -0.399 e. The molecule has 2 aromatic rings. The van der Waals surface area contributed by atoms with Crippen LogP contribution in [0.5, 0.6) is 0 Å². The molecule has 3 N–H and O–H groups in total. The number of aromatic nitrogens is 1. The Labute approximate surface area is 110 Å². The summed E-state index contributed by atoms with van der Waals surface area (Å²) in [5.74, 6) is -0.678. The van der Waals surface area contributed by atoms with Crippen molar-refractivity contribution in [2.24, 2.45) is 0 Å². The maximum atomic E-state index is 12.6. The number of rotatable bonds is 3. The molecule has 0 bridgehead atoms. The Morgan fingerprint density at radius 3 is 2.58 bits per heavy atom. The van der Waals surface area contributed by atoms with Crippen LogP contribution in [-0.4, -0.2) is 13.4 Å². The van der Waals surface area contributed by atoms with Gasteiger partial charge in [-0.05, 0) is 42.8 Å². The molecule has 7 heteroatoms. The Balaban J connectivity index is 2.34. The molecular weight excluding hydrogens is 269 g/mol. The van der Waals surface area contributed by atoms with Crippen molar-refractivity contribution in [1.29, 1.82) is 0 Å². The second kappa shape index (κ2) is 4.85. The summed E-state index contributed by atoms with van der Waals surface area (Å²) in [6.07, 6.45) is 1.10. The molecule has 0 unspecified atom stereocenters. The maximum Gasteiger partial charge on any atom is 0.262 e. The first kappa shape index (κ1) is 13.3. The molecule has 2 rings (SSSR count). The van der Waals surface area contributed by atoms with E-state index in [-0.39, 0.29) is 10.6 Å². The monoisotopic (exact) mass is 281 g/mol. The normalized spacial score (nSPS) is 11.3. The molecule has 1 heterocycles. The molecule has 0 amide bonds. The molecule has 1 aromatic carbocycles. The Morgan fingerprint density at radius 2 is 2.00 bits per heavy atom. The van der Waals surface area contributed by atoms with Crippen LogP contribution in [0.25, 0.3) is 0 Å². The van der Waals surface area contributed by atoms with Gasteiger partial charge >= 0.3 is 0 Å². The predicted octanol–water partition coefficient (Wildman–Crippen LogP) is 1.91. The topological polar surface area (TPSA) is 85.1 Å². The zero-order chi connectivity index (χ0) is 14.0. The quantitative estimate of drug-likeness (QED) is 0.665. The third-order valence-corrected chi connectivity index (χ3v) is 3.72. The molecule has 1 aromatic heterocycles. The van der Waals surface area contributed by atoms with Crippen molar-refractivity contribution < 1.29 is 12.8 Å². The van der Waals surface area contributed by atoms with Crippen LogP contribution in [0.4, 0.5) is 15.8 Å². The van der Waals surface area contributed by atoms with Gasteiger partial charge in [-0.1, -0.05) is 0 Å². The molecular formula is C12H12FN3O2S. The van der Waals surface area contributed by atoms with Crippen LogP contribution < -0.4 is 10.5 Å². The van der Waals surface area contributed by atoms with Crippen LogP contribution in [0.15, 0.2) is 41.4 Å². The summed E-state index contributed by atoms with van der Waals surface area (Å²) < 4.78 is 39.2. The first-order valence-electron chi connectivity index (χ1n) is 5.38. The number of nitrogens with one attached hydrogen (secondary N) is 1. The fraction of sp³-hybridized carbons (Fsp3) is 0.0833. The van der Waals surface area contributed by atoms with Crippen molar-refractivity contribution in [2.45, 2.75) is 11.8 Å².